The van der Waals surface area contributed by atoms with E-state index in [1.807, 2.05) is 52.0 Å². The molecule has 0 aliphatic carbocycles. The molecule has 0 saturated heterocycles. The second-order valence-corrected chi connectivity index (χ2v) is 9.71. The Bertz CT molecular complexity index is 1250. The lowest BCUT2D eigenvalue weighted by Gasteiger charge is -2.35. The molecular formula is C29H31FN2O4. The van der Waals surface area contributed by atoms with Gasteiger partial charge in [-0.3, -0.25) is 14.5 Å². The maximum Gasteiger partial charge on any atom is 0.259 e. The molecule has 0 aromatic heterocycles. The third-order valence-corrected chi connectivity index (χ3v) is 5.83. The van der Waals surface area contributed by atoms with Crippen LogP contribution in [-0.4, -0.2) is 30.6 Å². The van der Waals surface area contributed by atoms with Gasteiger partial charge in [0.15, 0.2) is 11.5 Å². The van der Waals surface area contributed by atoms with Crippen molar-refractivity contribution in [1.29, 1.82) is 0 Å². The summed E-state index contributed by atoms with van der Waals surface area (Å²) >= 11 is 0. The van der Waals surface area contributed by atoms with Gasteiger partial charge in [-0.15, -0.1) is 0 Å². The van der Waals surface area contributed by atoms with Crippen LogP contribution < -0.4 is 19.7 Å². The zero-order valence-electron chi connectivity index (χ0n) is 21.0. The third kappa shape index (κ3) is 5.51. The monoisotopic (exact) mass is 490 g/mol. The molecular weight excluding hydrogens is 459 g/mol. The molecule has 36 heavy (non-hydrogen) atoms. The van der Waals surface area contributed by atoms with Crippen molar-refractivity contribution in [2.45, 2.75) is 45.7 Å². The lowest BCUT2D eigenvalue weighted by molar-refractivity contribution is -0.123. The molecule has 3 aromatic rings. The summed E-state index contributed by atoms with van der Waals surface area (Å²) in [6.07, 6.45) is 0.651. The number of para-hydroxylation sites is 1. The summed E-state index contributed by atoms with van der Waals surface area (Å²) in [4.78, 5) is 29.5. The van der Waals surface area contributed by atoms with Crippen LogP contribution in [0.15, 0.2) is 66.7 Å². The van der Waals surface area contributed by atoms with Crippen molar-refractivity contribution in [3.8, 4) is 11.5 Å². The molecule has 3 aromatic carbocycles. The molecule has 1 atom stereocenters. The number of hydrogen-bond donors (Lipinski definition) is 1. The number of anilines is 1. The summed E-state index contributed by atoms with van der Waals surface area (Å²) in [5.74, 6) is -0.128. The predicted molar refractivity (Wildman–Crippen MR) is 137 cm³/mol. The third-order valence-electron chi connectivity index (χ3n) is 5.83. The summed E-state index contributed by atoms with van der Waals surface area (Å²) in [7, 11) is 0. The van der Waals surface area contributed by atoms with E-state index in [4.69, 9.17) is 9.47 Å². The maximum atomic E-state index is 14.2. The first-order valence-electron chi connectivity index (χ1n) is 12.1. The molecule has 7 heteroatoms. The first kappa shape index (κ1) is 25.2. The number of fused-ring (bicyclic) bond motifs is 1. The fraction of sp³-hybridized carbons (Fsp3) is 0.310. The van der Waals surface area contributed by atoms with Crippen molar-refractivity contribution in [2.24, 2.45) is 0 Å². The number of halogens is 1. The van der Waals surface area contributed by atoms with Gasteiger partial charge < -0.3 is 14.8 Å². The van der Waals surface area contributed by atoms with E-state index in [0.717, 1.165) is 5.56 Å². The van der Waals surface area contributed by atoms with Crippen LogP contribution in [0.25, 0.3) is 0 Å². The number of aryl methyl sites for hydroxylation is 1. The highest BCUT2D eigenvalue weighted by atomic mass is 19.1. The van der Waals surface area contributed by atoms with E-state index in [-0.39, 0.29) is 11.8 Å². The van der Waals surface area contributed by atoms with E-state index >= 15 is 0 Å². The van der Waals surface area contributed by atoms with Gasteiger partial charge >= 0.3 is 0 Å². The summed E-state index contributed by atoms with van der Waals surface area (Å²) in [6, 6.07) is 17.1. The van der Waals surface area contributed by atoms with Gasteiger partial charge in [0, 0.05) is 16.8 Å². The lowest BCUT2D eigenvalue weighted by atomic mass is 9.98. The molecule has 1 aliphatic heterocycles. The standard InChI is InChI=1S/C29H31FN2O4/c1-5-19-8-6-7-9-23(19)32(28(34)21-12-15-24-25(18-21)36-17-16-35-24)26(27(33)31-29(2,3)4)20-10-13-22(30)14-11-20/h6-15,18,26H,5,16-17H2,1-4H3,(H,31,33). The van der Waals surface area contributed by atoms with Crippen molar-refractivity contribution >= 4 is 17.5 Å². The second kappa shape index (κ2) is 10.4. The smallest absolute Gasteiger partial charge is 0.259 e. The van der Waals surface area contributed by atoms with Crippen molar-refractivity contribution in [3.05, 3.63) is 89.2 Å². The largest absolute Gasteiger partial charge is 0.486 e. The Morgan fingerprint density at radius 3 is 2.31 bits per heavy atom. The van der Waals surface area contributed by atoms with E-state index < -0.39 is 17.4 Å². The molecule has 1 aliphatic rings. The second-order valence-electron chi connectivity index (χ2n) is 9.71. The summed E-state index contributed by atoms with van der Waals surface area (Å²) < 4.78 is 25.2. The zero-order valence-corrected chi connectivity index (χ0v) is 21.0. The number of nitrogens with one attached hydrogen (secondary N) is 1. The number of benzene rings is 3. The van der Waals surface area contributed by atoms with Gasteiger partial charge in [0.2, 0.25) is 5.91 Å². The van der Waals surface area contributed by atoms with Crippen molar-refractivity contribution in [2.75, 3.05) is 18.1 Å². The molecule has 188 valence electrons. The summed E-state index contributed by atoms with van der Waals surface area (Å²) in [6.45, 7) is 8.45. The summed E-state index contributed by atoms with van der Waals surface area (Å²) in [5.41, 5.74) is 1.80. The van der Waals surface area contributed by atoms with Crippen LogP contribution >= 0.6 is 0 Å². The number of nitrogens with zero attached hydrogens (tertiary/aromatic N) is 1. The van der Waals surface area contributed by atoms with Crippen LogP contribution in [0.3, 0.4) is 0 Å². The molecule has 0 saturated carbocycles. The molecule has 1 N–H and O–H groups in total. The summed E-state index contributed by atoms with van der Waals surface area (Å²) in [5, 5.41) is 3.01. The highest BCUT2D eigenvalue weighted by Crippen LogP contribution is 2.36. The number of carbonyl (C=O) groups is 2. The highest BCUT2D eigenvalue weighted by molar-refractivity contribution is 6.10. The molecule has 4 rings (SSSR count). The molecule has 2 amide bonds. The first-order chi connectivity index (χ1) is 17.2. The number of ether oxygens (including phenoxy) is 2. The van der Waals surface area contributed by atoms with Crippen LogP contribution in [0.5, 0.6) is 11.5 Å². The molecule has 0 fully saturated rings. The van der Waals surface area contributed by atoms with Crippen molar-refractivity contribution in [1.82, 2.24) is 5.32 Å². The van der Waals surface area contributed by atoms with E-state index in [1.165, 1.54) is 17.0 Å². The molecule has 0 spiro atoms. The molecule has 0 bridgehead atoms. The van der Waals surface area contributed by atoms with Gasteiger partial charge in [-0.1, -0.05) is 37.3 Å². The quantitative estimate of drug-likeness (QED) is 0.498. The minimum atomic E-state index is -1.04. The Hall–Kier alpha value is -3.87. The average Bonchev–Trinajstić information content (AvgIpc) is 2.86. The van der Waals surface area contributed by atoms with Gasteiger partial charge in [0.25, 0.3) is 5.91 Å². The Balaban J connectivity index is 1.89. The molecule has 6 nitrogen and oxygen atoms in total. The van der Waals surface area contributed by atoms with Gasteiger partial charge in [-0.2, -0.15) is 0 Å². The number of rotatable bonds is 6. The first-order valence-corrected chi connectivity index (χ1v) is 12.1. The molecule has 1 unspecified atom stereocenters. The lowest BCUT2D eigenvalue weighted by Crippen LogP contribution is -2.49. The minimum Gasteiger partial charge on any atom is -0.486 e. The number of amides is 2. The van der Waals surface area contributed by atoms with E-state index in [9.17, 15) is 14.0 Å². The Morgan fingerprint density at radius 2 is 1.64 bits per heavy atom. The molecule has 0 radical (unpaired) electrons. The van der Waals surface area contributed by atoms with Gasteiger partial charge in [-0.05, 0) is 74.7 Å². The number of carbonyl (C=O) groups excluding carboxylic acids is 2. The van der Waals surface area contributed by atoms with E-state index in [0.29, 0.717) is 47.9 Å². The van der Waals surface area contributed by atoms with Crippen molar-refractivity contribution in [3.63, 3.8) is 0 Å². The van der Waals surface area contributed by atoms with Gasteiger partial charge in [0.1, 0.15) is 25.1 Å². The van der Waals surface area contributed by atoms with Crippen LogP contribution in [0.1, 0.15) is 55.2 Å². The Morgan fingerprint density at radius 1 is 0.972 bits per heavy atom. The van der Waals surface area contributed by atoms with E-state index in [2.05, 4.69) is 5.32 Å². The Kier molecular flexibility index (Phi) is 7.29. The number of hydrogen-bond acceptors (Lipinski definition) is 4. The fourth-order valence-electron chi connectivity index (χ4n) is 4.23. The van der Waals surface area contributed by atoms with Gasteiger partial charge in [0.05, 0.1) is 0 Å². The predicted octanol–water partition coefficient (Wildman–Crippen LogP) is 5.46. The van der Waals surface area contributed by atoms with Crippen LogP contribution in [0, 0.1) is 5.82 Å². The van der Waals surface area contributed by atoms with Gasteiger partial charge in [-0.25, -0.2) is 4.39 Å². The minimum absolute atomic E-state index is 0.348. The molecule has 1 heterocycles. The average molecular weight is 491 g/mol. The highest BCUT2D eigenvalue weighted by Gasteiger charge is 2.36. The normalized spacial score (nSPS) is 13.6. The Labute approximate surface area is 211 Å². The zero-order chi connectivity index (χ0) is 25.9. The fourth-order valence-corrected chi connectivity index (χ4v) is 4.23. The maximum absolute atomic E-state index is 14.2. The topological polar surface area (TPSA) is 67.9 Å². The van der Waals surface area contributed by atoms with Crippen LogP contribution in [0.4, 0.5) is 10.1 Å². The SMILES string of the molecule is CCc1ccccc1N(C(=O)c1ccc2c(c1)OCCO2)C(C(=O)NC(C)(C)C)c1ccc(F)cc1. The van der Waals surface area contributed by atoms with E-state index in [1.54, 1.807) is 30.3 Å². The van der Waals surface area contributed by atoms with Crippen LogP contribution in [-0.2, 0) is 11.2 Å². The van der Waals surface area contributed by atoms with Crippen LogP contribution in [0.2, 0.25) is 0 Å². The van der Waals surface area contributed by atoms with Crippen molar-refractivity contribution < 1.29 is 23.5 Å².